The fraction of sp³-hybridized carbons (Fsp3) is 0.846. The van der Waals surface area contributed by atoms with Crippen LogP contribution in [0.15, 0.2) is 0 Å². The van der Waals surface area contributed by atoms with Crippen molar-refractivity contribution in [1.29, 1.82) is 0 Å². The molecule has 0 aromatic rings. The molecule has 1 aliphatic heterocycles. The lowest BCUT2D eigenvalue weighted by atomic mass is 10.1. The first-order chi connectivity index (χ1) is 9.63. The molecule has 0 aliphatic carbocycles. The van der Waals surface area contributed by atoms with Crippen LogP contribution in [0.3, 0.4) is 0 Å². The number of unbranched alkanes of at least 4 members (excludes halogenated alkanes) is 1. The van der Waals surface area contributed by atoms with E-state index in [0.717, 1.165) is 23.8 Å². The number of carbonyl (C=O) groups is 2. The number of aliphatic carboxylic acids is 1. The summed E-state index contributed by atoms with van der Waals surface area (Å²) in [6.07, 6.45) is 7.19. The molecule has 1 aliphatic rings. The van der Waals surface area contributed by atoms with Crippen molar-refractivity contribution in [2.45, 2.75) is 49.8 Å². The predicted octanol–water partition coefficient (Wildman–Crippen LogP) is 3.02. The van der Waals surface area contributed by atoms with Crippen LogP contribution < -0.4 is 5.32 Å². The average molecular weight is 338 g/mol. The maximum Gasteiger partial charge on any atom is 0.326 e. The summed E-state index contributed by atoms with van der Waals surface area (Å²) in [6, 6.07) is -0.739. The highest BCUT2D eigenvalue weighted by Crippen LogP contribution is 2.39. The molecule has 1 saturated heterocycles. The Kier molecular flexibility index (Phi) is 9.63. The minimum atomic E-state index is -0.938. The Morgan fingerprint density at radius 1 is 1.45 bits per heavy atom. The number of carbonyl (C=O) groups excluding carboxylic acids is 1. The fourth-order valence-electron chi connectivity index (χ4n) is 1.98. The molecule has 0 spiro atoms. The zero-order valence-corrected chi connectivity index (χ0v) is 14.2. The van der Waals surface area contributed by atoms with Crippen molar-refractivity contribution < 1.29 is 14.7 Å². The third-order valence-corrected chi connectivity index (χ3v) is 6.80. The van der Waals surface area contributed by atoms with Crippen LogP contribution in [-0.2, 0) is 9.59 Å². The summed E-state index contributed by atoms with van der Waals surface area (Å²) in [5.41, 5.74) is 0. The van der Waals surface area contributed by atoms with Gasteiger partial charge in [0.2, 0.25) is 5.91 Å². The maximum atomic E-state index is 11.7. The molecule has 1 rings (SSSR count). The molecule has 0 saturated carbocycles. The van der Waals surface area contributed by atoms with Crippen molar-refractivity contribution in [2.75, 3.05) is 17.8 Å². The summed E-state index contributed by atoms with van der Waals surface area (Å²) in [4.78, 5) is 22.7. The molecule has 7 heteroatoms. The zero-order chi connectivity index (χ0) is 14.8. The number of hydrogen-bond acceptors (Lipinski definition) is 5. The smallest absolute Gasteiger partial charge is 0.326 e. The van der Waals surface area contributed by atoms with Gasteiger partial charge in [-0.1, -0.05) is 28.0 Å². The predicted molar refractivity (Wildman–Crippen MR) is 89.5 cm³/mol. The summed E-state index contributed by atoms with van der Waals surface area (Å²) in [7, 11) is 3.90. The van der Waals surface area contributed by atoms with E-state index in [0.29, 0.717) is 12.8 Å². The van der Waals surface area contributed by atoms with Gasteiger partial charge < -0.3 is 10.4 Å². The van der Waals surface area contributed by atoms with Crippen molar-refractivity contribution >= 4 is 45.2 Å². The van der Waals surface area contributed by atoms with Gasteiger partial charge in [-0.15, -0.1) is 0 Å². The van der Waals surface area contributed by atoms with E-state index >= 15 is 0 Å². The Labute approximate surface area is 133 Å². The minimum Gasteiger partial charge on any atom is -0.480 e. The van der Waals surface area contributed by atoms with E-state index in [1.54, 1.807) is 11.8 Å². The molecule has 20 heavy (non-hydrogen) atoms. The molecule has 0 aromatic carbocycles. The standard InChI is InChI=1S/C13H23NO3S3/c1-18-8-7-11(13(16)17)14-12(15)5-3-2-4-10-6-9-19-20-10/h10-11H,2-9H2,1H3,(H,14,15)(H,16,17). The Morgan fingerprint density at radius 3 is 2.85 bits per heavy atom. The normalized spacial score (nSPS) is 19.8. The summed E-state index contributed by atoms with van der Waals surface area (Å²) >= 11 is 1.59. The molecule has 1 fully saturated rings. The molecule has 1 amide bonds. The molecule has 4 nitrogen and oxygen atoms in total. The van der Waals surface area contributed by atoms with Gasteiger partial charge in [-0.3, -0.25) is 4.79 Å². The molecule has 0 bridgehead atoms. The van der Waals surface area contributed by atoms with Gasteiger partial charge in [-0.2, -0.15) is 11.8 Å². The van der Waals surface area contributed by atoms with Crippen LogP contribution in [0.2, 0.25) is 0 Å². The molecule has 116 valence electrons. The summed E-state index contributed by atoms with van der Waals surface area (Å²) in [5.74, 6) is 0.915. The van der Waals surface area contributed by atoms with Gasteiger partial charge in [-0.25, -0.2) is 4.79 Å². The van der Waals surface area contributed by atoms with Crippen LogP contribution in [0, 0.1) is 0 Å². The van der Waals surface area contributed by atoms with Crippen LogP contribution in [0.4, 0.5) is 0 Å². The van der Waals surface area contributed by atoms with Crippen LogP contribution in [-0.4, -0.2) is 46.0 Å². The van der Waals surface area contributed by atoms with Crippen molar-refractivity contribution in [2.24, 2.45) is 0 Å². The molecule has 2 unspecified atom stereocenters. The maximum absolute atomic E-state index is 11.7. The first-order valence-electron chi connectivity index (χ1n) is 6.93. The number of amides is 1. The molecule has 2 atom stereocenters. The Hall–Kier alpha value is -0.0100. The first-order valence-corrected chi connectivity index (χ1v) is 10.7. The topological polar surface area (TPSA) is 66.4 Å². The molecular formula is C13H23NO3S3. The van der Waals surface area contributed by atoms with E-state index < -0.39 is 12.0 Å². The average Bonchev–Trinajstić information content (AvgIpc) is 2.92. The lowest BCUT2D eigenvalue weighted by Gasteiger charge is -2.14. The lowest BCUT2D eigenvalue weighted by Crippen LogP contribution is -2.41. The number of rotatable bonds is 10. The van der Waals surface area contributed by atoms with Crippen molar-refractivity contribution in [3.05, 3.63) is 0 Å². The van der Waals surface area contributed by atoms with Gasteiger partial charge in [0.15, 0.2) is 0 Å². The van der Waals surface area contributed by atoms with E-state index in [4.69, 9.17) is 5.11 Å². The molecule has 0 aromatic heterocycles. The summed E-state index contributed by atoms with van der Waals surface area (Å²) in [5, 5.41) is 12.4. The largest absolute Gasteiger partial charge is 0.480 e. The highest BCUT2D eigenvalue weighted by Gasteiger charge is 2.19. The van der Waals surface area contributed by atoms with E-state index in [1.807, 2.05) is 27.8 Å². The van der Waals surface area contributed by atoms with Gasteiger partial charge in [-0.05, 0) is 37.7 Å². The Bertz CT molecular complexity index is 309. The number of hydrogen-bond donors (Lipinski definition) is 2. The third-order valence-electron chi connectivity index (χ3n) is 3.15. The monoisotopic (exact) mass is 337 g/mol. The van der Waals surface area contributed by atoms with Gasteiger partial charge in [0.25, 0.3) is 0 Å². The molecule has 1 heterocycles. The second-order valence-corrected chi connectivity index (χ2v) is 8.59. The molecule has 2 N–H and O–H groups in total. The lowest BCUT2D eigenvalue weighted by molar-refractivity contribution is -0.141. The minimum absolute atomic E-state index is 0.132. The summed E-state index contributed by atoms with van der Waals surface area (Å²) < 4.78 is 0. The van der Waals surface area contributed by atoms with E-state index in [1.165, 1.54) is 18.6 Å². The number of nitrogens with one attached hydrogen (secondary N) is 1. The third kappa shape index (κ3) is 7.69. The number of carboxylic acids is 1. The van der Waals surface area contributed by atoms with Crippen LogP contribution in [0.5, 0.6) is 0 Å². The summed E-state index contributed by atoms with van der Waals surface area (Å²) in [6.45, 7) is 0. The Balaban J connectivity index is 2.12. The fourth-order valence-corrected chi connectivity index (χ4v) is 5.48. The van der Waals surface area contributed by atoms with E-state index in [2.05, 4.69) is 5.32 Å². The van der Waals surface area contributed by atoms with Crippen LogP contribution >= 0.6 is 33.3 Å². The molecule has 0 radical (unpaired) electrons. The van der Waals surface area contributed by atoms with Gasteiger partial charge >= 0.3 is 5.97 Å². The van der Waals surface area contributed by atoms with Crippen molar-refractivity contribution in [3.63, 3.8) is 0 Å². The zero-order valence-electron chi connectivity index (χ0n) is 11.8. The highest BCUT2D eigenvalue weighted by molar-refractivity contribution is 8.77. The highest BCUT2D eigenvalue weighted by atomic mass is 33.1. The van der Waals surface area contributed by atoms with Gasteiger partial charge in [0, 0.05) is 17.4 Å². The van der Waals surface area contributed by atoms with Gasteiger partial charge in [0.1, 0.15) is 6.04 Å². The Morgan fingerprint density at radius 2 is 2.25 bits per heavy atom. The van der Waals surface area contributed by atoms with Crippen LogP contribution in [0.25, 0.3) is 0 Å². The van der Waals surface area contributed by atoms with E-state index in [-0.39, 0.29) is 5.91 Å². The van der Waals surface area contributed by atoms with Crippen molar-refractivity contribution in [3.8, 4) is 0 Å². The van der Waals surface area contributed by atoms with Crippen molar-refractivity contribution in [1.82, 2.24) is 5.32 Å². The van der Waals surface area contributed by atoms with Crippen LogP contribution in [0.1, 0.15) is 38.5 Å². The number of thioether (sulfide) groups is 1. The second-order valence-electron chi connectivity index (χ2n) is 4.81. The quantitative estimate of drug-likeness (QED) is 0.472. The molecular weight excluding hydrogens is 314 g/mol. The number of carboxylic acid groups (broad SMARTS) is 1. The van der Waals surface area contributed by atoms with Gasteiger partial charge in [0.05, 0.1) is 0 Å². The van der Waals surface area contributed by atoms with E-state index in [9.17, 15) is 9.59 Å². The first kappa shape index (κ1) is 18.0. The second kappa shape index (κ2) is 10.7. The SMILES string of the molecule is CSCCC(NC(=O)CCCCC1CCSS1)C(=O)O.